The summed E-state index contributed by atoms with van der Waals surface area (Å²) >= 11 is 0. The van der Waals surface area contributed by atoms with Gasteiger partial charge in [-0.2, -0.15) is 8.42 Å². The molecule has 118 valence electrons. The Morgan fingerprint density at radius 2 is 1.23 bits per heavy atom. The first-order valence-electron chi connectivity index (χ1n) is 5.87. The van der Waals surface area contributed by atoms with Gasteiger partial charge < -0.3 is 16.8 Å². The summed E-state index contributed by atoms with van der Waals surface area (Å²) in [4.78, 5) is 11.8. The van der Waals surface area contributed by atoms with E-state index in [4.69, 9.17) is 29.0 Å². The monoisotopic (exact) mass is 325 g/mol. The Morgan fingerprint density at radius 3 is 1.64 bits per heavy atom. The fraction of sp³-hybridized carbons (Fsp3) is 0. The number of carbonyl (C=O) groups excluding carboxylic acids is 1. The molecule has 8 nitrogen and oxygen atoms in total. The zero-order valence-electron chi connectivity index (χ0n) is 11.3. The Balaban J connectivity index is 0.000000422. The Bertz CT molecular complexity index is 719. The minimum Gasteiger partial charge on any atom is -0.399 e. The van der Waals surface area contributed by atoms with Gasteiger partial charge >= 0.3 is 10.4 Å². The number of hydrogen-bond donors (Lipinski definition) is 5. The third kappa shape index (κ3) is 7.24. The molecule has 0 atom stereocenters. The second kappa shape index (κ2) is 7.41. The molecule has 0 radical (unpaired) electrons. The minimum absolute atomic E-state index is 0.172. The van der Waals surface area contributed by atoms with Crippen LogP contribution in [0.3, 0.4) is 0 Å². The standard InChI is InChI=1S/C13H13N3O.H2O4S/c14-10-3-1-9(2-4-10)13(17)16-12-7-5-11(15)6-8-12;1-5(2,3)4/h1-8H,14-15H2,(H,16,17);(H2,1,2,3,4). The highest BCUT2D eigenvalue weighted by molar-refractivity contribution is 7.79. The number of nitrogens with one attached hydrogen (secondary N) is 1. The molecule has 0 heterocycles. The zero-order chi connectivity index (χ0) is 16.8. The molecule has 0 unspecified atom stereocenters. The van der Waals surface area contributed by atoms with Gasteiger partial charge in [0.1, 0.15) is 0 Å². The molecule has 0 aromatic heterocycles. The van der Waals surface area contributed by atoms with Crippen LogP contribution in [0.25, 0.3) is 0 Å². The Kier molecular flexibility index (Phi) is 5.87. The number of nitrogens with two attached hydrogens (primary N) is 2. The molecule has 0 aliphatic heterocycles. The molecule has 2 aromatic carbocycles. The lowest BCUT2D eigenvalue weighted by Crippen LogP contribution is -2.11. The number of rotatable bonds is 2. The number of anilines is 3. The number of hydrogen-bond acceptors (Lipinski definition) is 5. The molecule has 0 aliphatic rings. The van der Waals surface area contributed by atoms with Crippen molar-refractivity contribution in [3.8, 4) is 0 Å². The second-order valence-corrected chi connectivity index (χ2v) is 5.04. The summed E-state index contributed by atoms with van der Waals surface area (Å²) in [6.45, 7) is 0. The van der Waals surface area contributed by atoms with E-state index in [0.29, 0.717) is 22.6 Å². The number of nitrogen functional groups attached to an aromatic ring is 2. The van der Waals surface area contributed by atoms with Crippen LogP contribution in [0.2, 0.25) is 0 Å². The van der Waals surface area contributed by atoms with Crippen LogP contribution in [-0.4, -0.2) is 23.4 Å². The molecule has 22 heavy (non-hydrogen) atoms. The van der Waals surface area contributed by atoms with E-state index in [1.807, 2.05) is 0 Å². The van der Waals surface area contributed by atoms with Crippen LogP contribution >= 0.6 is 0 Å². The van der Waals surface area contributed by atoms with E-state index in [1.165, 1.54) is 0 Å². The molecule has 2 rings (SSSR count). The second-order valence-electron chi connectivity index (χ2n) is 4.15. The lowest BCUT2D eigenvalue weighted by atomic mass is 10.2. The maximum Gasteiger partial charge on any atom is 0.394 e. The highest BCUT2D eigenvalue weighted by atomic mass is 32.3. The van der Waals surface area contributed by atoms with E-state index in [9.17, 15) is 4.79 Å². The third-order valence-electron chi connectivity index (χ3n) is 2.34. The van der Waals surface area contributed by atoms with Crippen LogP contribution in [0, 0.1) is 0 Å². The van der Waals surface area contributed by atoms with Crippen LogP contribution in [0.15, 0.2) is 48.5 Å². The van der Waals surface area contributed by atoms with E-state index in [2.05, 4.69) is 5.32 Å². The fourth-order valence-corrected chi connectivity index (χ4v) is 1.40. The van der Waals surface area contributed by atoms with Crippen molar-refractivity contribution in [2.24, 2.45) is 0 Å². The number of amides is 1. The molecule has 0 saturated carbocycles. The quantitative estimate of drug-likeness (QED) is 0.413. The third-order valence-corrected chi connectivity index (χ3v) is 2.34. The highest BCUT2D eigenvalue weighted by Crippen LogP contribution is 2.13. The van der Waals surface area contributed by atoms with E-state index in [0.717, 1.165) is 0 Å². The van der Waals surface area contributed by atoms with Crippen molar-refractivity contribution < 1.29 is 22.3 Å². The minimum atomic E-state index is -4.67. The molecule has 0 saturated heterocycles. The van der Waals surface area contributed by atoms with E-state index < -0.39 is 10.4 Å². The fourth-order valence-electron chi connectivity index (χ4n) is 1.40. The maximum atomic E-state index is 11.8. The van der Waals surface area contributed by atoms with Crippen LogP contribution in [-0.2, 0) is 10.4 Å². The molecule has 0 aliphatic carbocycles. The number of carbonyl (C=O) groups is 1. The molecule has 0 fully saturated rings. The normalized spacial score (nSPS) is 10.3. The first-order valence-corrected chi connectivity index (χ1v) is 7.27. The first-order chi connectivity index (χ1) is 10.1. The molecular formula is C13H15N3O5S. The zero-order valence-corrected chi connectivity index (χ0v) is 12.1. The summed E-state index contributed by atoms with van der Waals surface area (Å²) in [6, 6.07) is 13.7. The topological polar surface area (TPSA) is 156 Å². The van der Waals surface area contributed by atoms with E-state index in [1.54, 1.807) is 48.5 Å². The van der Waals surface area contributed by atoms with Gasteiger partial charge in [-0.25, -0.2) is 0 Å². The predicted molar refractivity (Wildman–Crippen MR) is 83.8 cm³/mol. The SMILES string of the molecule is Nc1ccc(NC(=O)c2ccc(N)cc2)cc1.O=S(=O)(O)O. The molecule has 0 spiro atoms. The van der Waals surface area contributed by atoms with Crippen LogP contribution < -0.4 is 16.8 Å². The summed E-state index contributed by atoms with van der Waals surface area (Å²) in [7, 11) is -4.67. The van der Waals surface area contributed by atoms with Gasteiger partial charge in [0.2, 0.25) is 0 Å². The van der Waals surface area contributed by atoms with Crippen molar-refractivity contribution in [1.82, 2.24) is 0 Å². The summed E-state index contributed by atoms with van der Waals surface area (Å²) < 4.78 is 31.6. The Labute approximate surface area is 127 Å². The lowest BCUT2D eigenvalue weighted by molar-refractivity contribution is 0.102. The lowest BCUT2D eigenvalue weighted by Gasteiger charge is -2.05. The van der Waals surface area contributed by atoms with Crippen molar-refractivity contribution in [3.63, 3.8) is 0 Å². The van der Waals surface area contributed by atoms with Crippen molar-refractivity contribution in [2.45, 2.75) is 0 Å². The van der Waals surface area contributed by atoms with Gasteiger partial charge in [0, 0.05) is 22.6 Å². The Morgan fingerprint density at radius 1 is 0.864 bits per heavy atom. The maximum absolute atomic E-state index is 11.8. The van der Waals surface area contributed by atoms with Gasteiger partial charge in [0.15, 0.2) is 0 Å². The molecule has 7 N–H and O–H groups in total. The molecule has 2 aromatic rings. The molecule has 0 bridgehead atoms. The van der Waals surface area contributed by atoms with E-state index >= 15 is 0 Å². The average Bonchev–Trinajstić information content (AvgIpc) is 2.40. The molecular weight excluding hydrogens is 310 g/mol. The summed E-state index contributed by atoms with van der Waals surface area (Å²) in [5.74, 6) is -0.172. The summed E-state index contributed by atoms with van der Waals surface area (Å²) in [5.41, 5.74) is 13.7. The van der Waals surface area contributed by atoms with Crippen LogP contribution in [0.1, 0.15) is 10.4 Å². The van der Waals surface area contributed by atoms with Crippen molar-refractivity contribution in [3.05, 3.63) is 54.1 Å². The first kappa shape index (κ1) is 17.4. The molecule has 1 amide bonds. The summed E-state index contributed by atoms with van der Waals surface area (Å²) in [5, 5.41) is 2.77. The van der Waals surface area contributed by atoms with E-state index in [-0.39, 0.29) is 5.91 Å². The van der Waals surface area contributed by atoms with Gasteiger partial charge in [0.05, 0.1) is 0 Å². The molecule has 9 heteroatoms. The average molecular weight is 325 g/mol. The largest absolute Gasteiger partial charge is 0.399 e. The van der Waals surface area contributed by atoms with Crippen LogP contribution in [0.5, 0.6) is 0 Å². The number of benzene rings is 2. The van der Waals surface area contributed by atoms with Gasteiger partial charge in [-0.1, -0.05) is 0 Å². The predicted octanol–water partition coefficient (Wildman–Crippen LogP) is 1.45. The van der Waals surface area contributed by atoms with Gasteiger partial charge in [-0.3, -0.25) is 13.9 Å². The summed E-state index contributed by atoms with van der Waals surface area (Å²) in [6.07, 6.45) is 0. The smallest absolute Gasteiger partial charge is 0.394 e. The highest BCUT2D eigenvalue weighted by Gasteiger charge is 2.05. The van der Waals surface area contributed by atoms with Crippen molar-refractivity contribution >= 4 is 33.4 Å². The van der Waals surface area contributed by atoms with Gasteiger partial charge in [-0.15, -0.1) is 0 Å². The van der Waals surface area contributed by atoms with Crippen LogP contribution in [0.4, 0.5) is 17.1 Å². The van der Waals surface area contributed by atoms with Crippen molar-refractivity contribution in [1.29, 1.82) is 0 Å². The van der Waals surface area contributed by atoms with Gasteiger partial charge in [0.25, 0.3) is 5.91 Å². The van der Waals surface area contributed by atoms with Gasteiger partial charge in [-0.05, 0) is 48.5 Å². The Hall–Kier alpha value is -2.62. The van der Waals surface area contributed by atoms with Crippen molar-refractivity contribution in [2.75, 3.05) is 16.8 Å².